The maximum absolute atomic E-state index is 13.4. The van der Waals surface area contributed by atoms with Gasteiger partial charge in [-0.2, -0.15) is 0 Å². The molecule has 2 aliphatic rings. The molecule has 1 amide bonds. The maximum atomic E-state index is 13.4. The van der Waals surface area contributed by atoms with Gasteiger partial charge in [0.15, 0.2) is 0 Å². The second kappa shape index (κ2) is 10.3. The Balaban J connectivity index is 1.53. The summed E-state index contributed by atoms with van der Waals surface area (Å²) in [4.78, 5) is 16.3. The molecule has 0 spiro atoms. The van der Waals surface area contributed by atoms with Gasteiger partial charge in [0.05, 0.1) is 5.70 Å². The minimum Gasteiger partial charge on any atom is -0.384 e. The number of nitrogens with zero attached hydrogens (tertiary/aromatic N) is 1. The molecule has 0 radical (unpaired) electrons. The first-order valence-electron chi connectivity index (χ1n) is 11.0. The predicted octanol–water partition coefficient (Wildman–Crippen LogP) is 5.23. The van der Waals surface area contributed by atoms with Crippen LogP contribution in [0.4, 0.5) is 5.69 Å². The summed E-state index contributed by atoms with van der Waals surface area (Å²) in [6, 6.07) is 15.1. The van der Waals surface area contributed by atoms with E-state index >= 15 is 0 Å². The van der Waals surface area contributed by atoms with Crippen LogP contribution in [0.2, 0.25) is 0 Å². The molecular formula is C26H27ClN4OS. The van der Waals surface area contributed by atoms with Crippen molar-refractivity contribution in [2.45, 2.75) is 36.6 Å². The van der Waals surface area contributed by atoms with Gasteiger partial charge in [0.1, 0.15) is 11.9 Å². The summed E-state index contributed by atoms with van der Waals surface area (Å²) in [7, 11) is 0. The number of benzene rings is 2. The number of carbonyl (C=O) groups excluding carboxylic acids is 1. The summed E-state index contributed by atoms with van der Waals surface area (Å²) in [5, 5.41) is 11.4. The van der Waals surface area contributed by atoms with Crippen molar-refractivity contribution < 1.29 is 4.79 Å². The molecule has 4 rings (SSSR count). The number of nitrogens with two attached hydrogens (primary N) is 1. The van der Waals surface area contributed by atoms with Crippen LogP contribution in [0.5, 0.6) is 0 Å². The molecule has 7 heteroatoms. The number of allylic oxidation sites excluding steroid dienone is 5. The zero-order valence-corrected chi connectivity index (χ0v) is 19.9. The van der Waals surface area contributed by atoms with Crippen molar-refractivity contribution in [3.05, 3.63) is 88.6 Å². The van der Waals surface area contributed by atoms with E-state index in [1.54, 1.807) is 6.07 Å². The highest BCUT2D eigenvalue weighted by Gasteiger charge is 2.29. The SMILES string of the molecule is N=C(N)c1cccc(N2CCCCC2C(=O)NC2=C(Cl)CC=C(c3ccccc3S)C=C2)c1. The number of amidine groups is 1. The molecule has 1 fully saturated rings. The van der Waals surface area contributed by atoms with E-state index in [9.17, 15) is 4.79 Å². The molecule has 4 N–H and O–H groups in total. The lowest BCUT2D eigenvalue weighted by atomic mass is 9.99. The number of hydrogen-bond acceptors (Lipinski definition) is 4. The molecule has 0 aromatic heterocycles. The third-order valence-electron chi connectivity index (χ3n) is 5.99. The third-order valence-corrected chi connectivity index (χ3v) is 6.74. The standard InChI is InChI=1S/C26H27ClN4OS/c27-21-13-11-17(20-8-1-2-10-24(20)33)12-14-22(21)30-26(32)23-9-3-4-15-31(23)19-7-5-6-18(16-19)25(28)29/h1-2,5-8,10-12,14,16,23,33H,3-4,9,13,15H2,(H3,28,29)(H,30,32). The van der Waals surface area contributed by atoms with Crippen molar-refractivity contribution in [2.24, 2.45) is 5.73 Å². The van der Waals surface area contributed by atoms with Gasteiger partial charge in [0.2, 0.25) is 5.91 Å². The normalized spacial score (nSPS) is 18.5. The van der Waals surface area contributed by atoms with E-state index in [0.29, 0.717) is 22.7 Å². The number of rotatable bonds is 5. The van der Waals surface area contributed by atoms with Gasteiger partial charge in [-0.15, -0.1) is 12.6 Å². The van der Waals surface area contributed by atoms with Crippen LogP contribution in [0.25, 0.3) is 5.57 Å². The molecule has 1 heterocycles. The van der Waals surface area contributed by atoms with Crippen molar-refractivity contribution in [1.29, 1.82) is 5.41 Å². The minimum absolute atomic E-state index is 0.0153. The number of amides is 1. The summed E-state index contributed by atoms with van der Waals surface area (Å²) in [6.45, 7) is 0.770. The van der Waals surface area contributed by atoms with Crippen LogP contribution in [0.15, 0.2) is 82.4 Å². The van der Waals surface area contributed by atoms with Gasteiger partial charge in [-0.25, -0.2) is 0 Å². The predicted molar refractivity (Wildman–Crippen MR) is 139 cm³/mol. The van der Waals surface area contributed by atoms with Crippen LogP contribution in [0.1, 0.15) is 36.8 Å². The molecule has 0 bridgehead atoms. The van der Waals surface area contributed by atoms with Crippen molar-refractivity contribution >= 4 is 47.2 Å². The first-order valence-corrected chi connectivity index (χ1v) is 11.8. The Kier molecular flexibility index (Phi) is 7.26. The number of halogens is 1. The van der Waals surface area contributed by atoms with Crippen molar-refractivity contribution in [2.75, 3.05) is 11.4 Å². The number of hydrogen-bond donors (Lipinski definition) is 4. The van der Waals surface area contributed by atoms with Crippen molar-refractivity contribution in [3.8, 4) is 0 Å². The Morgan fingerprint density at radius 1 is 1.15 bits per heavy atom. The van der Waals surface area contributed by atoms with E-state index in [1.807, 2.05) is 60.7 Å². The van der Waals surface area contributed by atoms with Crippen molar-refractivity contribution in [3.63, 3.8) is 0 Å². The molecule has 33 heavy (non-hydrogen) atoms. The summed E-state index contributed by atoms with van der Waals surface area (Å²) in [5.41, 5.74) is 9.88. The van der Waals surface area contributed by atoms with E-state index in [1.165, 1.54) is 0 Å². The fraction of sp³-hybridized carbons (Fsp3) is 0.231. The molecule has 0 saturated carbocycles. The highest BCUT2D eigenvalue weighted by molar-refractivity contribution is 7.80. The highest BCUT2D eigenvalue weighted by atomic mass is 35.5. The summed E-state index contributed by atoms with van der Waals surface area (Å²) >= 11 is 11.1. The zero-order valence-electron chi connectivity index (χ0n) is 18.2. The molecule has 1 aliphatic heterocycles. The lowest BCUT2D eigenvalue weighted by molar-refractivity contribution is -0.122. The van der Waals surface area contributed by atoms with Gasteiger partial charge in [-0.3, -0.25) is 10.2 Å². The topological polar surface area (TPSA) is 82.2 Å². The van der Waals surface area contributed by atoms with Crippen LogP contribution in [0, 0.1) is 5.41 Å². The van der Waals surface area contributed by atoms with Crippen molar-refractivity contribution in [1.82, 2.24) is 5.32 Å². The molecule has 1 unspecified atom stereocenters. The summed E-state index contributed by atoms with van der Waals surface area (Å²) in [5.74, 6) is -0.0692. The second-order valence-corrected chi connectivity index (χ2v) is 9.13. The smallest absolute Gasteiger partial charge is 0.247 e. The largest absolute Gasteiger partial charge is 0.384 e. The average Bonchev–Trinajstić information content (AvgIpc) is 3.01. The number of piperidine rings is 1. The molecule has 170 valence electrons. The zero-order chi connectivity index (χ0) is 23.4. The number of thiol groups is 1. The molecule has 2 aromatic carbocycles. The Morgan fingerprint density at radius 2 is 1.97 bits per heavy atom. The summed E-state index contributed by atoms with van der Waals surface area (Å²) < 4.78 is 0. The van der Waals surface area contributed by atoms with E-state index in [-0.39, 0.29) is 17.8 Å². The van der Waals surface area contributed by atoms with Gasteiger partial charge in [-0.1, -0.05) is 54.1 Å². The number of nitrogens with one attached hydrogen (secondary N) is 2. The van der Waals surface area contributed by atoms with Gasteiger partial charge in [-0.05, 0) is 54.7 Å². The Morgan fingerprint density at radius 3 is 2.76 bits per heavy atom. The first kappa shape index (κ1) is 23.2. The Bertz CT molecular complexity index is 1170. The van der Waals surface area contributed by atoms with Gasteiger partial charge < -0.3 is 16.0 Å². The first-order chi connectivity index (χ1) is 15.9. The van der Waals surface area contributed by atoms with Crippen LogP contribution in [-0.4, -0.2) is 24.3 Å². The van der Waals surface area contributed by atoms with Crippen LogP contribution in [0.3, 0.4) is 0 Å². The fourth-order valence-corrected chi connectivity index (χ4v) is 4.73. The molecule has 1 atom stereocenters. The molecule has 5 nitrogen and oxygen atoms in total. The van der Waals surface area contributed by atoms with Crippen LogP contribution >= 0.6 is 24.2 Å². The van der Waals surface area contributed by atoms with Crippen LogP contribution in [-0.2, 0) is 4.79 Å². The third kappa shape index (κ3) is 5.34. The number of carbonyl (C=O) groups is 1. The lowest BCUT2D eigenvalue weighted by Crippen LogP contribution is -2.49. The average molecular weight is 479 g/mol. The van der Waals surface area contributed by atoms with Gasteiger partial charge in [0.25, 0.3) is 0 Å². The second-order valence-electron chi connectivity index (χ2n) is 8.19. The molecule has 1 saturated heterocycles. The minimum atomic E-state index is -0.319. The molecule has 1 aliphatic carbocycles. The monoisotopic (exact) mass is 478 g/mol. The summed E-state index contributed by atoms with van der Waals surface area (Å²) in [6.07, 6.45) is 9.14. The number of nitrogen functional groups attached to an aromatic ring is 1. The van der Waals surface area contributed by atoms with Crippen LogP contribution < -0.4 is 16.0 Å². The van der Waals surface area contributed by atoms with Gasteiger partial charge >= 0.3 is 0 Å². The highest BCUT2D eigenvalue weighted by Crippen LogP contribution is 2.30. The maximum Gasteiger partial charge on any atom is 0.247 e. The molecular weight excluding hydrogens is 452 g/mol. The quantitative estimate of drug-likeness (QED) is 0.270. The molecule has 2 aromatic rings. The number of anilines is 1. The van der Waals surface area contributed by atoms with E-state index in [4.69, 9.17) is 22.7 Å². The van der Waals surface area contributed by atoms with E-state index < -0.39 is 0 Å². The lowest BCUT2D eigenvalue weighted by Gasteiger charge is -2.36. The Labute approximate surface area is 204 Å². The van der Waals surface area contributed by atoms with E-state index in [0.717, 1.165) is 47.5 Å². The Hall–Kier alpha value is -2.96. The fourth-order valence-electron chi connectivity index (χ4n) is 4.25. The van der Waals surface area contributed by atoms with E-state index in [2.05, 4.69) is 22.8 Å². The van der Waals surface area contributed by atoms with Gasteiger partial charge in [0, 0.05) is 34.1 Å².